The van der Waals surface area contributed by atoms with Crippen LogP contribution < -0.4 is 5.73 Å². The minimum atomic E-state index is -0.0681. The van der Waals surface area contributed by atoms with Crippen LogP contribution in [0.5, 0.6) is 0 Å². The lowest BCUT2D eigenvalue weighted by molar-refractivity contribution is -0.187. The molecule has 0 aliphatic carbocycles. The van der Waals surface area contributed by atoms with Crippen LogP contribution in [0.1, 0.15) is 53.9 Å². The highest BCUT2D eigenvalue weighted by Gasteiger charge is 2.39. The Morgan fingerprint density at radius 1 is 1.18 bits per heavy atom. The fourth-order valence-electron chi connectivity index (χ4n) is 2.99. The lowest BCUT2D eigenvalue weighted by Gasteiger charge is -2.49. The van der Waals surface area contributed by atoms with E-state index in [4.69, 9.17) is 10.5 Å². The first-order chi connectivity index (χ1) is 7.79. The van der Waals surface area contributed by atoms with E-state index in [-0.39, 0.29) is 11.2 Å². The summed E-state index contributed by atoms with van der Waals surface area (Å²) in [7, 11) is 0. The van der Waals surface area contributed by atoms with E-state index in [1.807, 2.05) is 0 Å². The maximum Gasteiger partial charge on any atom is 0.0760 e. The molecule has 1 aliphatic rings. The summed E-state index contributed by atoms with van der Waals surface area (Å²) in [6.45, 7) is 13.7. The molecule has 1 aliphatic heterocycles. The Balaban J connectivity index is 2.67. The number of hydrogen-bond acceptors (Lipinski definition) is 3. The zero-order valence-electron chi connectivity index (χ0n) is 12.3. The molecule has 0 spiro atoms. The molecule has 0 aromatic rings. The van der Waals surface area contributed by atoms with Crippen molar-refractivity contribution in [1.29, 1.82) is 0 Å². The second kappa shape index (κ2) is 5.68. The molecule has 102 valence electrons. The summed E-state index contributed by atoms with van der Waals surface area (Å²) in [6, 6.07) is 0.511. The lowest BCUT2D eigenvalue weighted by Crippen LogP contribution is -2.60. The zero-order chi connectivity index (χ0) is 13.1. The summed E-state index contributed by atoms with van der Waals surface area (Å²) in [6.07, 6.45) is 3.72. The van der Waals surface area contributed by atoms with Crippen molar-refractivity contribution in [2.75, 3.05) is 19.6 Å². The van der Waals surface area contributed by atoms with Crippen LogP contribution in [0.4, 0.5) is 0 Å². The van der Waals surface area contributed by atoms with E-state index in [1.165, 1.54) is 19.3 Å². The number of hydrogen-bond donors (Lipinski definition) is 1. The van der Waals surface area contributed by atoms with Crippen molar-refractivity contribution < 1.29 is 4.74 Å². The molecule has 1 unspecified atom stereocenters. The van der Waals surface area contributed by atoms with E-state index in [0.717, 1.165) is 19.6 Å². The van der Waals surface area contributed by atoms with Gasteiger partial charge in [0.2, 0.25) is 0 Å². The van der Waals surface area contributed by atoms with Crippen LogP contribution in [0.2, 0.25) is 0 Å². The van der Waals surface area contributed by atoms with Crippen LogP contribution in [0, 0.1) is 0 Å². The quantitative estimate of drug-likeness (QED) is 0.804. The molecule has 0 amide bonds. The van der Waals surface area contributed by atoms with Crippen molar-refractivity contribution in [3.63, 3.8) is 0 Å². The first-order valence-corrected chi connectivity index (χ1v) is 6.94. The van der Waals surface area contributed by atoms with Crippen molar-refractivity contribution in [2.24, 2.45) is 5.73 Å². The molecule has 2 N–H and O–H groups in total. The summed E-state index contributed by atoms with van der Waals surface area (Å²) in [5.74, 6) is 0. The maximum absolute atomic E-state index is 6.11. The van der Waals surface area contributed by atoms with Crippen LogP contribution in [0.15, 0.2) is 0 Å². The molecule has 1 atom stereocenters. The number of morpholine rings is 1. The summed E-state index contributed by atoms with van der Waals surface area (Å²) in [5.41, 5.74) is 5.80. The summed E-state index contributed by atoms with van der Waals surface area (Å²) in [4.78, 5) is 2.53. The van der Waals surface area contributed by atoms with Gasteiger partial charge in [-0.15, -0.1) is 0 Å². The van der Waals surface area contributed by atoms with Gasteiger partial charge in [-0.1, -0.05) is 19.8 Å². The highest BCUT2D eigenvalue weighted by Crippen LogP contribution is 2.29. The Bertz CT molecular complexity index is 222. The number of nitrogens with zero attached hydrogens (tertiary/aromatic N) is 1. The number of rotatable bonds is 5. The van der Waals surface area contributed by atoms with Gasteiger partial charge in [-0.25, -0.2) is 0 Å². The minimum Gasteiger partial charge on any atom is -0.367 e. The average molecular weight is 242 g/mol. The number of unbranched alkanes of at least 4 members (excludes halogenated alkanes) is 1. The normalized spacial score (nSPS) is 25.8. The molecule has 17 heavy (non-hydrogen) atoms. The molecule has 0 bridgehead atoms. The van der Waals surface area contributed by atoms with Gasteiger partial charge in [0.25, 0.3) is 0 Å². The summed E-state index contributed by atoms with van der Waals surface area (Å²) < 4.78 is 6.11. The largest absolute Gasteiger partial charge is 0.367 e. The van der Waals surface area contributed by atoms with Crippen molar-refractivity contribution in [1.82, 2.24) is 4.90 Å². The van der Waals surface area contributed by atoms with Crippen molar-refractivity contribution in [3.8, 4) is 0 Å². The summed E-state index contributed by atoms with van der Waals surface area (Å²) >= 11 is 0. The fourth-order valence-corrected chi connectivity index (χ4v) is 2.99. The predicted molar refractivity (Wildman–Crippen MR) is 73.2 cm³/mol. The Kier molecular flexibility index (Phi) is 4.99. The molecule has 0 aromatic carbocycles. The molecule has 0 aromatic heterocycles. The SMILES string of the molecule is CCCCC(CN)N1CC(C)(C)OC(C)(C)C1. The summed E-state index contributed by atoms with van der Waals surface area (Å²) in [5, 5.41) is 0. The minimum absolute atomic E-state index is 0.0681. The highest BCUT2D eigenvalue weighted by atomic mass is 16.5. The predicted octanol–water partition coefficient (Wildman–Crippen LogP) is 2.39. The van der Waals surface area contributed by atoms with Gasteiger partial charge in [0.15, 0.2) is 0 Å². The molecule has 3 nitrogen and oxygen atoms in total. The van der Waals surface area contributed by atoms with Crippen LogP contribution in [-0.2, 0) is 4.74 Å². The lowest BCUT2D eigenvalue weighted by atomic mass is 9.96. The van der Waals surface area contributed by atoms with Gasteiger partial charge in [0.05, 0.1) is 11.2 Å². The Labute approximate surface area is 107 Å². The van der Waals surface area contributed by atoms with Crippen LogP contribution in [0.25, 0.3) is 0 Å². The van der Waals surface area contributed by atoms with Gasteiger partial charge >= 0.3 is 0 Å². The van der Waals surface area contributed by atoms with Gasteiger partial charge in [0, 0.05) is 25.7 Å². The molecular weight excluding hydrogens is 212 g/mol. The van der Waals surface area contributed by atoms with Gasteiger partial charge in [-0.2, -0.15) is 0 Å². The van der Waals surface area contributed by atoms with E-state index in [0.29, 0.717) is 6.04 Å². The second-order valence-corrected chi connectivity index (χ2v) is 6.56. The molecule has 1 rings (SSSR count). The van der Waals surface area contributed by atoms with Gasteiger partial charge in [-0.3, -0.25) is 4.90 Å². The van der Waals surface area contributed by atoms with Gasteiger partial charge < -0.3 is 10.5 Å². The van der Waals surface area contributed by atoms with Crippen molar-refractivity contribution >= 4 is 0 Å². The van der Waals surface area contributed by atoms with Crippen molar-refractivity contribution in [2.45, 2.75) is 71.1 Å². The Hall–Kier alpha value is -0.120. The average Bonchev–Trinajstić information content (AvgIpc) is 2.14. The topological polar surface area (TPSA) is 38.5 Å². The van der Waals surface area contributed by atoms with Crippen molar-refractivity contribution in [3.05, 3.63) is 0 Å². The molecule has 1 heterocycles. The number of ether oxygens (including phenoxy) is 1. The van der Waals surface area contributed by atoms with Crippen LogP contribution >= 0.6 is 0 Å². The van der Waals surface area contributed by atoms with E-state index < -0.39 is 0 Å². The van der Waals surface area contributed by atoms with E-state index in [2.05, 4.69) is 39.5 Å². The fraction of sp³-hybridized carbons (Fsp3) is 1.00. The molecule has 1 fully saturated rings. The third-order valence-corrected chi connectivity index (χ3v) is 3.40. The molecular formula is C14H30N2O. The third-order valence-electron chi connectivity index (χ3n) is 3.40. The molecule has 3 heteroatoms. The Morgan fingerprint density at radius 3 is 2.12 bits per heavy atom. The van der Waals surface area contributed by atoms with Gasteiger partial charge in [-0.05, 0) is 34.1 Å². The smallest absolute Gasteiger partial charge is 0.0760 e. The first-order valence-electron chi connectivity index (χ1n) is 6.94. The monoisotopic (exact) mass is 242 g/mol. The van der Waals surface area contributed by atoms with Crippen LogP contribution in [-0.4, -0.2) is 41.8 Å². The second-order valence-electron chi connectivity index (χ2n) is 6.56. The Morgan fingerprint density at radius 2 is 1.71 bits per heavy atom. The molecule has 0 saturated carbocycles. The standard InChI is InChI=1S/C14H30N2O/c1-6-7-8-12(9-15)16-10-13(2,3)17-14(4,5)11-16/h12H,6-11,15H2,1-5H3. The third kappa shape index (κ3) is 4.57. The van der Waals surface area contributed by atoms with Crippen LogP contribution in [0.3, 0.4) is 0 Å². The van der Waals surface area contributed by atoms with E-state index >= 15 is 0 Å². The van der Waals surface area contributed by atoms with Gasteiger partial charge in [0.1, 0.15) is 0 Å². The van der Waals surface area contributed by atoms with E-state index in [9.17, 15) is 0 Å². The zero-order valence-corrected chi connectivity index (χ0v) is 12.3. The van der Waals surface area contributed by atoms with E-state index in [1.54, 1.807) is 0 Å². The molecule has 0 radical (unpaired) electrons. The first kappa shape index (κ1) is 14.9. The number of nitrogens with two attached hydrogens (primary N) is 1. The maximum atomic E-state index is 6.11. The molecule has 1 saturated heterocycles. The highest BCUT2D eigenvalue weighted by molar-refractivity contribution is 4.92.